The minimum atomic E-state index is -0.237. The number of amides is 2. The lowest BCUT2D eigenvalue weighted by Crippen LogP contribution is -2.33. The van der Waals surface area contributed by atoms with Crippen LogP contribution in [-0.4, -0.2) is 43.5 Å². The standard InChI is InChI=1S/C17H24N2O3/c1-13-6-3-4-7-14(13)11-18-17(21)15-10-16(20)19(12-15)8-5-9-22-2/h3-4,6-7,15H,5,8-12H2,1-2H3,(H,18,21). The van der Waals surface area contributed by atoms with E-state index in [9.17, 15) is 9.59 Å². The van der Waals surface area contributed by atoms with Crippen LogP contribution in [0.4, 0.5) is 0 Å². The molecule has 1 aromatic rings. The summed E-state index contributed by atoms with van der Waals surface area (Å²) in [7, 11) is 1.65. The van der Waals surface area contributed by atoms with E-state index in [1.165, 1.54) is 0 Å². The number of ether oxygens (including phenoxy) is 1. The summed E-state index contributed by atoms with van der Waals surface area (Å²) < 4.78 is 4.99. The number of benzene rings is 1. The Labute approximate surface area is 131 Å². The molecule has 0 saturated carbocycles. The van der Waals surface area contributed by atoms with E-state index in [2.05, 4.69) is 5.32 Å². The van der Waals surface area contributed by atoms with Crippen molar-refractivity contribution in [2.24, 2.45) is 5.92 Å². The van der Waals surface area contributed by atoms with Crippen LogP contribution in [-0.2, 0) is 20.9 Å². The summed E-state index contributed by atoms with van der Waals surface area (Å²) >= 11 is 0. The predicted octanol–water partition coefficient (Wildman–Crippen LogP) is 1.50. The number of aryl methyl sites for hydroxylation is 1. The summed E-state index contributed by atoms with van der Waals surface area (Å²) in [6.07, 6.45) is 1.12. The fourth-order valence-electron chi connectivity index (χ4n) is 2.70. The number of carbonyl (C=O) groups excluding carboxylic acids is 2. The van der Waals surface area contributed by atoms with E-state index in [0.717, 1.165) is 17.5 Å². The van der Waals surface area contributed by atoms with Gasteiger partial charge in [0, 0.05) is 39.8 Å². The van der Waals surface area contributed by atoms with Crippen LogP contribution in [0.15, 0.2) is 24.3 Å². The lowest BCUT2D eigenvalue weighted by molar-refractivity contribution is -0.129. The second-order valence-corrected chi connectivity index (χ2v) is 5.73. The molecule has 1 unspecified atom stereocenters. The summed E-state index contributed by atoms with van der Waals surface area (Å²) in [4.78, 5) is 25.9. The molecule has 1 aliphatic heterocycles. The van der Waals surface area contributed by atoms with Crippen LogP contribution in [0.25, 0.3) is 0 Å². The van der Waals surface area contributed by atoms with Crippen molar-refractivity contribution in [3.8, 4) is 0 Å². The van der Waals surface area contributed by atoms with E-state index in [4.69, 9.17) is 4.74 Å². The number of carbonyl (C=O) groups is 2. The maximum atomic E-state index is 12.2. The molecule has 5 nitrogen and oxygen atoms in total. The number of nitrogens with zero attached hydrogens (tertiary/aromatic N) is 1. The Bertz CT molecular complexity index is 530. The molecule has 1 saturated heterocycles. The van der Waals surface area contributed by atoms with Gasteiger partial charge in [0.05, 0.1) is 5.92 Å². The number of hydrogen-bond donors (Lipinski definition) is 1. The zero-order chi connectivity index (χ0) is 15.9. The maximum absolute atomic E-state index is 12.2. The first kappa shape index (κ1) is 16.5. The van der Waals surface area contributed by atoms with Gasteiger partial charge in [0.25, 0.3) is 0 Å². The third-order valence-electron chi connectivity index (χ3n) is 4.08. The normalized spacial score (nSPS) is 17.8. The van der Waals surface area contributed by atoms with Gasteiger partial charge < -0.3 is 15.0 Å². The SMILES string of the molecule is COCCCN1CC(C(=O)NCc2ccccc2C)CC1=O. The number of nitrogens with one attached hydrogen (secondary N) is 1. The van der Waals surface area contributed by atoms with Crippen molar-refractivity contribution in [1.29, 1.82) is 0 Å². The molecule has 0 spiro atoms. The van der Waals surface area contributed by atoms with Gasteiger partial charge in [-0.2, -0.15) is 0 Å². The lowest BCUT2D eigenvalue weighted by Gasteiger charge is -2.16. The van der Waals surface area contributed by atoms with Crippen molar-refractivity contribution in [2.75, 3.05) is 26.8 Å². The van der Waals surface area contributed by atoms with Crippen molar-refractivity contribution in [1.82, 2.24) is 10.2 Å². The Balaban J connectivity index is 1.81. The summed E-state index contributed by atoms with van der Waals surface area (Å²) in [5, 5.41) is 2.95. The van der Waals surface area contributed by atoms with Gasteiger partial charge in [0.1, 0.15) is 0 Å². The minimum absolute atomic E-state index is 0.0363. The van der Waals surface area contributed by atoms with Gasteiger partial charge >= 0.3 is 0 Å². The van der Waals surface area contributed by atoms with E-state index in [1.807, 2.05) is 31.2 Å². The second-order valence-electron chi connectivity index (χ2n) is 5.73. The zero-order valence-electron chi connectivity index (χ0n) is 13.3. The molecule has 5 heteroatoms. The zero-order valence-corrected chi connectivity index (χ0v) is 13.3. The third-order valence-corrected chi connectivity index (χ3v) is 4.08. The lowest BCUT2D eigenvalue weighted by atomic mass is 10.1. The van der Waals surface area contributed by atoms with E-state index in [1.54, 1.807) is 12.0 Å². The highest BCUT2D eigenvalue weighted by Gasteiger charge is 2.33. The van der Waals surface area contributed by atoms with Gasteiger partial charge in [-0.05, 0) is 24.5 Å². The largest absolute Gasteiger partial charge is 0.385 e. The number of methoxy groups -OCH3 is 1. The molecule has 120 valence electrons. The van der Waals surface area contributed by atoms with Crippen LogP contribution in [0.1, 0.15) is 24.0 Å². The molecular weight excluding hydrogens is 280 g/mol. The van der Waals surface area contributed by atoms with Crippen LogP contribution in [0, 0.1) is 12.8 Å². The average molecular weight is 304 g/mol. The second kappa shape index (κ2) is 7.94. The Morgan fingerprint density at radius 2 is 2.18 bits per heavy atom. The summed E-state index contributed by atoms with van der Waals surface area (Å²) in [6, 6.07) is 7.98. The van der Waals surface area contributed by atoms with E-state index in [0.29, 0.717) is 32.7 Å². The molecule has 1 fully saturated rings. The van der Waals surface area contributed by atoms with Crippen molar-refractivity contribution >= 4 is 11.8 Å². The van der Waals surface area contributed by atoms with Crippen molar-refractivity contribution in [2.45, 2.75) is 26.3 Å². The molecule has 0 radical (unpaired) electrons. The fraction of sp³-hybridized carbons (Fsp3) is 0.529. The molecule has 1 aromatic carbocycles. The van der Waals surface area contributed by atoms with Gasteiger partial charge in [-0.1, -0.05) is 24.3 Å². The molecule has 2 rings (SSSR count). The summed E-state index contributed by atoms with van der Waals surface area (Å²) in [6.45, 7) is 4.35. The first-order valence-corrected chi connectivity index (χ1v) is 7.70. The highest BCUT2D eigenvalue weighted by atomic mass is 16.5. The van der Waals surface area contributed by atoms with Crippen LogP contribution in [0.5, 0.6) is 0 Å². The van der Waals surface area contributed by atoms with E-state index < -0.39 is 0 Å². The number of hydrogen-bond acceptors (Lipinski definition) is 3. The molecule has 0 aromatic heterocycles. The Morgan fingerprint density at radius 1 is 1.41 bits per heavy atom. The van der Waals surface area contributed by atoms with Crippen LogP contribution >= 0.6 is 0 Å². The van der Waals surface area contributed by atoms with E-state index in [-0.39, 0.29) is 17.7 Å². The Kier molecular flexibility index (Phi) is 5.95. The molecule has 0 aliphatic carbocycles. The van der Waals surface area contributed by atoms with Crippen LogP contribution in [0.2, 0.25) is 0 Å². The number of rotatable bonds is 7. The topological polar surface area (TPSA) is 58.6 Å². The summed E-state index contributed by atoms with van der Waals surface area (Å²) in [5.74, 6) is -0.211. The minimum Gasteiger partial charge on any atom is -0.385 e. The molecule has 2 amide bonds. The summed E-state index contributed by atoms with van der Waals surface area (Å²) in [5.41, 5.74) is 2.27. The Hall–Kier alpha value is -1.88. The number of likely N-dealkylation sites (tertiary alicyclic amines) is 1. The molecule has 1 N–H and O–H groups in total. The van der Waals surface area contributed by atoms with Gasteiger partial charge in [-0.25, -0.2) is 0 Å². The van der Waals surface area contributed by atoms with Gasteiger partial charge in [0.2, 0.25) is 11.8 Å². The molecule has 0 bridgehead atoms. The van der Waals surface area contributed by atoms with Gasteiger partial charge in [-0.15, -0.1) is 0 Å². The fourth-order valence-corrected chi connectivity index (χ4v) is 2.70. The van der Waals surface area contributed by atoms with Gasteiger partial charge in [0.15, 0.2) is 0 Å². The molecular formula is C17H24N2O3. The van der Waals surface area contributed by atoms with Crippen molar-refractivity contribution in [3.63, 3.8) is 0 Å². The van der Waals surface area contributed by atoms with Crippen LogP contribution < -0.4 is 5.32 Å². The van der Waals surface area contributed by atoms with Gasteiger partial charge in [-0.3, -0.25) is 9.59 Å². The molecule has 22 heavy (non-hydrogen) atoms. The smallest absolute Gasteiger partial charge is 0.225 e. The highest BCUT2D eigenvalue weighted by Crippen LogP contribution is 2.18. The Morgan fingerprint density at radius 3 is 2.91 bits per heavy atom. The van der Waals surface area contributed by atoms with Crippen LogP contribution in [0.3, 0.4) is 0 Å². The average Bonchev–Trinajstić information content (AvgIpc) is 2.88. The molecule has 1 aliphatic rings. The predicted molar refractivity (Wildman–Crippen MR) is 84.2 cm³/mol. The van der Waals surface area contributed by atoms with Crippen molar-refractivity contribution in [3.05, 3.63) is 35.4 Å². The van der Waals surface area contributed by atoms with Crippen molar-refractivity contribution < 1.29 is 14.3 Å². The maximum Gasteiger partial charge on any atom is 0.225 e. The quantitative estimate of drug-likeness (QED) is 0.777. The molecule has 1 heterocycles. The first-order valence-electron chi connectivity index (χ1n) is 7.70. The highest BCUT2D eigenvalue weighted by molar-refractivity contribution is 5.89. The third kappa shape index (κ3) is 4.31. The van der Waals surface area contributed by atoms with E-state index >= 15 is 0 Å². The monoisotopic (exact) mass is 304 g/mol. The molecule has 1 atom stereocenters. The first-order chi connectivity index (χ1) is 10.6.